The lowest BCUT2D eigenvalue weighted by molar-refractivity contribution is -0.114. The number of fused-ring (bicyclic) bond motifs is 1. The van der Waals surface area contributed by atoms with E-state index < -0.39 is 5.41 Å². The van der Waals surface area contributed by atoms with Gasteiger partial charge in [-0.15, -0.1) is 0 Å². The molecule has 0 radical (unpaired) electrons. The molecule has 1 fully saturated rings. The summed E-state index contributed by atoms with van der Waals surface area (Å²) < 4.78 is 0. The summed E-state index contributed by atoms with van der Waals surface area (Å²) in [4.78, 5) is 26.0. The molecule has 3 aromatic rings. The molecule has 1 aliphatic heterocycles. The Morgan fingerprint density at radius 3 is 2.78 bits per heavy atom. The number of aromatic amines is 1. The van der Waals surface area contributed by atoms with Crippen LogP contribution < -0.4 is 4.90 Å². The molecule has 0 spiro atoms. The fourth-order valence-corrected chi connectivity index (χ4v) is 3.65. The van der Waals surface area contributed by atoms with E-state index in [1.807, 2.05) is 20.0 Å². The maximum absolute atomic E-state index is 11.3. The summed E-state index contributed by atoms with van der Waals surface area (Å²) in [5.41, 5.74) is 4.55. The lowest BCUT2D eigenvalue weighted by atomic mass is 9.88. The van der Waals surface area contributed by atoms with Gasteiger partial charge in [-0.1, -0.05) is 13.8 Å². The first-order valence-corrected chi connectivity index (χ1v) is 9.34. The fraction of sp³-hybridized carbons (Fsp3) is 0.381. The van der Waals surface area contributed by atoms with Crippen LogP contribution in [0, 0.1) is 5.41 Å². The zero-order chi connectivity index (χ0) is 19.0. The van der Waals surface area contributed by atoms with Gasteiger partial charge in [-0.25, -0.2) is 9.97 Å². The SMILES string of the molecule is CC(C)(C=O)Cc1c[nH]c2ncc(-c3cc(O)cc(N4CCCC4)c3)nc12. The van der Waals surface area contributed by atoms with Crippen molar-refractivity contribution in [3.63, 3.8) is 0 Å². The molecule has 2 N–H and O–H groups in total. The van der Waals surface area contributed by atoms with Crippen LogP contribution in [0.15, 0.2) is 30.6 Å². The number of benzene rings is 1. The number of aromatic nitrogens is 3. The number of rotatable bonds is 5. The van der Waals surface area contributed by atoms with Crippen molar-refractivity contribution in [3.8, 4) is 17.0 Å². The van der Waals surface area contributed by atoms with E-state index in [0.717, 1.165) is 41.7 Å². The minimum atomic E-state index is -0.458. The van der Waals surface area contributed by atoms with Crippen molar-refractivity contribution in [1.29, 1.82) is 0 Å². The summed E-state index contributed by atoms with van der Waals surface area (Å²) in [5.74, 6) is 0.229. The lowest BCUT2D eigenvalue weighted by Crippen LogP contribution is -2.17. The smallest absolute Gasteiger partial charge is 0.156 e. The summed E-state index contributed by atoms with van der Waals surface area (Å²) in [6, 6.07) is 5.58. The molecule has 0 atom stereocenters. The molecule has 0 bridgehead atoms. The molecule has 1 saturated heterocycles. The Balaban J connectivity index is 1.74. The molecule has 4 rings (SSSR count). The number of aromatic hydroxyl groups is 1. The molecule has 0 saturated carbocycles. The van der Waals surface area contributed by atoms with Crippen LogP contribution in [0.1, 0.15) is 32.3 Å². The van der Waals surface area contributed by atoms with Crippen LogP contribution in [0.4, 0.5) is 5.69 Å². The van der Waals surface area contributed by atoms with Crippen molar-refractivity contribution in [2.45, 2.75) is 33.1 Å². The van der Waals surface area contributed by atoms with E-state index in [1.54, 1.807) is 18.3 Å². The Labute approximate surface area is 158 Å². The van der Waals surface area contributed by atoms with Gasteiger partial charge in [-0.05, 0) is 37.0 Å². The second-order valence-corrected chi connectivity index (χ2v) is 7.98. The van der Waals surface area contributed by atoms with E-state index in [-0.39, 0.29) is 5.75 Å². The molecule has 6 heteroatoms. The van der Waals surface area contributed by atoms with Crippen LogP contribution in [-0.4, -0.2) is 39.4 Å². The Morgan fingerprint density at radius 1 is 1.26 bits per heavy atom. The highest BCUT2D eigenvalue weighted by molar-refractivity contribution is 5.79. The second kappa shape index (κ2) is 6.68. The van der Waals surface area contributed by atoms with Gasteiger partial charge in [0.15, 0.2) is 5.65 Å². The molecular weight excluding hydrogens is 340 g/mol. The normalized spacial score (nSPS) is 14.8. The number of nitrogens with zero attached hydrogens (tertiary/aromatic N) is 3. The monoisotopic (exact) mass is 364 g/mol. The summed E-state index contributed by atoms with van der Waals surface area (Å²) in [6.07, 6.45) is 7.51. The topological polar surface area (TPSA) is 82.1 Å². The Kier molecular flexibility index (Phi) is 4.34. The standard InChI is InChI=1S/C21H24N4O2/c1-21(2,13-26)10-15-11-22-20-19(15)24-18(12-23-20)14-7-16(9-17(27)8-14)25-5-3-4-6-25/h7-9,11-13,27H,3-6,10H2,1-2H3,(H,22,23). The van der Waals surface area contributed by atoms with Crippen LogP contribution in [-0.2, 0) is 11.2 Å². The van der Waals surface area contributed by atoms with Gasteiger partial charge in [0.25, 0.3) is 0 Å². The van der Waals surface area contributed by atoms with Crippen LogP contribution >= 0.6 is 0 Å². The highest BCUT2D eigenvalue weighted by Crippen LogP contribution is 2.32. The van der Waals surface area contributed by atoms with E-state index in [4.69, 9.17) is 4.98 Å². The van der Waals surface area contributed by atoms with Gasteiger partial charge in [0, 0.05) is 42.0 Å². The fourth-order valence-electron chi connectivity index (χ4n) is 3.65. The number of H-pyrrole nitrogens is 1. The maximum atomic E-state index is 11.3. The molecule has 1 aliphatic rings. The van der Waals surface area contributed by atoms with Gasteiger partial charge >= 0.3 is 0 Å². The predicted molar refractivity (Wildman–Crippen MR) is 106 cm³/mol. The van der Waals surface area contributed by atoms with Crippen molar-refractivity contribution in [1.82, 2.24) is 15.0 Å². The Hall–Kier alpha value is -2.89. The third-order valence-corrected chi connectivity index (χ3v) is 5.09. The first kappa shape index (κ1) is 17.5. The number of phenolic OH excluding ortho intramolecular Hbond substituents is 1. The van der Waals surface area contributed by atoms with E-state index >= 15 is 0 Å². The third-order valence-electron chi connectivity index (χ3n) is 5.09. The average Bonchev–Trinajstić information content (AvgIpc) is 3.31. The van der Waals surface area contributed by atoms with Crippen LogP contribution in [0.3, 0.4) is 0 Å². The van der Waals surface area contributed by atoms with Crippen molar-refractivity contribution in [3.05, 3.63) is 36.2 Å². The highest BCUT2D eigenvalue weighted by atomic mass is 16.3. The Morgan fingerprint density at radius 2 is 2.04 bits per heavy atom. The minimum Gasteiger partial charge on any atom is -0.508 e. The van der Waals surface area contributed by atoms with Crippen molar-refractivity contribution >= 4 is 23.1 Å². The van der Waals surface area contributed by atoms with Gasteiger partial charge in [-0.3, -0.25) is 0 Å². The molecule has 1 aromatic carbocycles. The number of phenols is 1. The maximum Gasteiger partial charge on any atom is 0.156 e. The van der Waals surface area contributed by atoms with Gasteiger partial charge in [0.2, 0.25) is 0 Å². The molecule has 0 amide bonds. The zero-order valence-electron chi connectivity index (χ0n) is 15.7. The summed E-state index contributed by atoms with van der Waals surface area (Å²) in [5, 5.41) is 10.2. The first-order chi connectivity index (χ1) is 12.9. The van der Waals surface area contributed by atoms with E-state index in [2.05, 4.69) is 20.9 Å². The largest absolute Gasteiger partial charge is 0.508 e. The van der Waals surface area contributed by atoms with Crippen molar-refractivity contribution in [2.24, 2.45) is 5.41 Å². The number of carbonyl (C=O) groups excluding carboxylic acids is 1. The predicted octanol–water partition coefficient (Wildman–Crippen LogP) is 3.70. The number of anilines is 1. The van der Waals surface area contributed by atoms with Crippen molar-refractivity contribution in [2.75, 3.05) is 18.0 Å². The molecule has 6 nitrogen and oxygen atoms in total. The first-order valence-electron chi connectivity index (χ1n) is 9.34. The van der Waals surface area contributed by atoms with Crippen LogP contribution in [0.25, 0.3) is 22.4 Å². The average molecular weight is 364 g/mol. The zero-order valence-corrected chi connectivity index (χ0v) is 15.7. The molecule has 0 aliphatic carbocycles. The van der Waals surface area contributed by atoms with E-state index in [9.17, 15) is 9.90 Å². The van der Waals surface area contributed by atoms with E-state index in [0.29, 0.717) is 17.8 Å². The van der Waals surface area contributed by atoms with Gasteiger partial charge < -0.3 is 19.8 Å². The number of aldehydes is 1. The quantitative estimate of drug-likeness (QED) is 0.675. The molecular formula is C21H24N4O2. The number of hydrogen-bond donors (Lipinski definition) is 2. The van der Waals surface area contributed by atoms with Crippen molar-refractivity contribution < 1.29 is 9.90 Å². The summed E-state index contributed by atoms with van der Waals surface area (Å²) in [6.45, 7) is 5.84. The number of nitrogens with one attached hydrogen (secondary N) is 1. The van der Waals surface area contributed by atoms with Gasteiger partial charge in [-0.2, -0.15) is 0 Å². The lowest BCUT2D eigenvalue weighted by Gasteiger charge is -2.19. The molecule has 3 heterocycles. The molecule has 0 unspecified atom stereocenters. The number of hydrogen-bond acceptors (Lipinski definition) is 5. The van der Waals surface area contributed by atoms with Gasteiger partial charge in [0.05, 0.1) is 11.9 Å². The van der Waals surface area contributed by atoms with Crippen LogP contribution in [0.2, 0.25) is 0 Å². The summed E-state index contributed by atoms with van der Waals surface area (Å²) >= 11 is 0. The Bertz CT molecular complexity index is 987. The van der Waals surface area contributed by atoms with E-state index in [1.165, 1.54) is 12.8 Å². The van der Waals surface area contributed by atoms with Crippen LogP contribution in [0.5, 0.6) is 5.75 Å². The third kappa shape index (κ3) is 3.52. The minimum absolute atomic E-state index is 0.229. The molecule has 2 aromatic heterocycles. The summed E-state index contributed by atoms with van der Waals surface area (Å²) in [7, 11) is 0. The van der Waals surface area contributed by atoms with Gasteiger partial charge in [0.1, 0.15) is 17.6 Å². The molecule has 27 heavy (non-hydrogen) atoms. The second-order valence-electron chi connectivity index (χ2n) is 7.98. The number of carbonyl (C=O) groups is 1. The molecule has 140 valence electrons. The highest BCUT2D eigenvalue weighted by Gasteiger charge is 2.21.